The summed E-state index contributed by atoms with van der Waals surface area (Å²) < 4.78 is 22.9. The molecule has 4 aromatic rings. The van der Waals surface area contributed by atoms with Gasteiger partial charge in [-0.15, -0.1) is 0 Å². The fraction of sp³-hybridized carbons (Fsp3) is 0. The standard InChI is InChI=1S/C19H13Cl2N3O2S/c20-11-1-7-15-17(9-11)24-18-10-12(21)2-8-16(18)19(15)23-13-3-5-14(6-4-13)27(22,25)26/h1-10H,(H,23,24)(H2,22,25,26). The Morgan fingerprint density at radius 3 is 1.81 bits per heavy atom. The predicted molar refractivity (Wildman–Crippen MR) is 110 cm³/mol. The highest BCUT2D eigenvalue weighted by Gasteiger charge is 2.12. The van der Waals surface area contributed by atoms with Crippen molar-refractivity contribution >= 4 is 66.4 Å². The molecule has 0 bridgehead atoms. The minimum absolute atomic E-state index is 0.0519. The molecule has 3 N–H and O–H groups in total. The molecule has 136 valence electrons. The van der Waals surface area contributed by atoms with Gasteiger partial charge in [0.2, 0.25) is 10.0 Å². The topological polar surface area (TPSA) is 85.1 Å². The smallest absolute Gasteiger partial charge is 0.238 e. The Morgan fingerprint density at radius 2 is 1.33 bits per heavy atom. The summed E-state index contributed by atoms with van der Waals surface area (Å²) in [4.78, 5) is 4.70. The first-order chi connectivity index (χ1) is 12.8. The van der Waals surface area contributed by atoms with Crippen molar-refractivity contribution in [2.24, 2.45) is 5.14 Å². The number of anilines is 2. The largest absolute Gasteiger partial charge is 0.354 e. The lowest BCUT2D eigenvalue weighted by atomic mass is 10.1. The fourth-order valence-electron chi connectivity index (χ4n) is 2.90. The van der Waals surface area contributed by atoms with E-state index in [1.54, 1.807) is 36.4 Å². The SMILES string of the molecule is NS(=O)(=O)c1ccc(Nc2c3ccc(Cl)cc3nc3cc(Cl)ccc23)cc1. The third kappa shape index (κ3) is 3.57. The average Bonchev–Trinajstić information content (AvgIpc) is 2.60. The molecule has 0 fully saturated rings. The van der Waals surface area contributed by atoms with E-state index in [-0.39, 0.29) is 4.90 Å². The number of sulfonamides is 1. The molecule has 0 aliphatic rings. The number of rotatable bonds is 3. The lowest BCUT2D eigenvalue weighted by Gasteiger charge is -2.14. The van der Waals surface area contributed by atoms with Gasteiger partial charge in [0.05, 0.1) is 21.6 Å². The molecule has 0 saturated heterocycles. The second kappa shape index (κ2) is 6.65. The summed E-state index contributed by atoms with van der Waals surface area (Å²) in [6.45, 7) is 0. The average molecular weight is 418 g/mol. The van der Waals surface area contributed by atoms with Crippen LogP contribution in [0.4, 0.5) is 11.4 Å². The Hall–Kier alpha value is -2.38. The monoisotopic (exact) mass is 417 g/mol. The van der Waals surface area contributed by atoms with E-state index in [0.29, 0.717) is 15.7 Å². The number of aromatic nitrogens is 1. The van der Waals surface area contributed by atoms with Gasteiger partial charge in [-0.05, 0) is 60.7 Å². The van der Waals surface area contributed by atoms with Crippen LogP contribution >= 0.6 is 23.2 Å². The summed E-state index contributed by atoms with van der Waals surface area (Å²) in [5, 5.41) is 11.4. The molecular weight excluding hydrogens is 405 g/mol. The number of fused-ring (bicyclic) bond motifs is 2. The van der Waals surface area contributed by atoms with Crippen molar-refractivity contribution in [1.29, 1.82) is 0 Å². The number of hydrogen-bond acceptors (Lipinski definition) is 4. The molecule has 1 heterocycles. The van der Waals surface area contributed by atoms with Gasteiger partial charge in [0.25, 0.3) is 0 Å². The van der Waals surface area contributed by atoms with Crippen molar-refractivity contribution in [1.82, 2.24) is 4.98 Å². The van der Waals surface area contributed by atoms with Crippen molar-refractivity contribution < 1.29 is 8.42 Å². The maximum Gasteiger partial charge on any atom is 0.238 e. The van der Waals surface area contributed by atoms with Gasteiger partial charge in [0.15, 0.2) is 0 Å². The predicted octanol–water partition coefficient (Wildman–Crippen LogP) is 5.09. The van der Waals surface area contributed by atoms with E-state index >= 15 is 0 Å². The number of pyridine rings is 1. The Labute approximate surface area is 165 Å². The molecule has 0 aliphatic heterocycles. The fourth-order valence-corrected chi connectivity index (χ4v) is 3.75. The van der Waals surface area contributed by atoms with Crippen molar-refractivity contribution in [3.63, 3.8) is 0 Å². The number of nitrogens with zero attached hydrogens (tertiary/aromatic N) is 1. The number of hydrogen-bond donors (Lipinski definition) is 2. The molecule has 0 amide bonds. The molecule has 3 aromatic carbocycles. The summed E-state index contributed by atoms with van der Waals surface area (Å²) in [5.74, 6) is 0. The zero-order valence-electron chi connectivity index (χ0n) is 13.8. The van der Waals surface area contributed by atoms with E-state index in [9.17, 15) is 8.42 Å². The highest BCUT2D eigenvalue weighted by Crippen LogP contribution is 2.35. The molecule has 0 spiro atoms. The molecule has 8 heteroatoms. The second-order valence-corrected chi connectivity index (χ2v) is 8.44. The highest BCUT2D eigenvalue weighted by atomic mass is 35.5. The van der Waals surface area contributed by atoms with Crippen LogP contribution in [0.1, 0.15) is 0 Å². The molecule has 0 aliphatic carbocycles. The van der Waals surface area contributed by atoms with Crippen LogP contribution in [-0.2, 0) is 10.0 Å². The van der Waals surface area contributed by atoms with E-state index in [2.05, 4.69) is 10.3 Å². The van der Waals surface area contributed by atoms with Crippen LogP contribution in [0, 0.1) is 0 Å². The van der Waals surface area contributed by atoms with E-state index in [4.69, 9.17) is 28.3 Å². The van der Waals surface area contributed by atoms with Crippen LogP contribution in [0.2, 0.25) is 10.0 Å². The minimum Gasteiger partial charge on any atom is -0.354 e. The first-order valence-electron chi connectivity index (χ1n) is 7.90. The summed E-state index contributed by atoms with van der Waals surface area (Å²) >= 11 is 12.2. The van der Waals surface area contributed by atoms with Gasteiger partial charge < -0.3 is 5.32 Å². The maximum atomic E-state index is 11.4. The number of primary sulfonamides is 1. The molecular formula is C19H13Cl2N3O2S. The first-order valence-corrected chi connectivity index (χ1v) is 10.2. The molecule has 4 rings (SSSR count). The van der Waals surface area contributed by atoms with Crippen LogP contribution in [0.3, 0.4) is 0 Å². The maximum absolute atomic E-state index is 11.4. The zero-order valence-corrected chi connectivity index (χ0v) is 16.1. The third-order valence-corrected chi connectivity index (χ3v) is 5.55. The van der Waals surface area contributed by atoms with Crippen molar-refractivity contribution in [2.75, 3.05) is 5.32 Å². The number of halogens is 2. The highest BCUT2D eigenvalue weighted by molar-refractivity contribution is 7.89. The zero-order chi connectivity index (χ0) is 19.2. The van der Waals surface area contributed by atoms with Gasteiger partial charge in [0.1, 0.15) is 0 Å². The minimum atomic E-state index is -3.74. The second-order valence-electron chi connectivity index (χ2n) is 6.00. The Balaban J connectivity index is 1.90. The molecule has 0 atom stereocenters. The Kier molecular flexibility index (Phi) is 4.44. The summed E-state index contributed by atoms with van der Waals surface area (Å²) in [6.07, 6.45) is 0. The van der Waals surface area contributed by atoms with Gasteiger partial charge in [-0.25, -0.2) is 18.5 Å². The quantitative estimate of drug-likeness (QED) is 0.454. The van der Waals surface area contributed by atoms with Gasteiger partial charge >= 0.3 is 0 Å². The van der Waals surface area contributed by atoms with E-state index in [1.807, 2.05) is 12.1 Å². The lowest BCUT2D eigenvalue weighted by Crippen LogP contribution is -2.11. The molecule has 1 aromatic heterocycles. The third-order valence-electron chi connectivity index (χ3n) is 4.15. The summed E-state index contributed by atoms with van der Waals surface area (Å²) in [7, 11) is -3.74. The number of benzene rings is 3. The van der Waals surface area contributed by atoms with Gasteiger partial charge in [-0.3, -0.25) is 0 Å². The molecule has 0 saturated carbocycles. The van der Waals surface area contributed by atoms with Gasteiger partial charge in [-0.2, -0.15) is 0 Å². The normalized spacial score (nSPS) is 11.8. The van der Waals surface area contributed by atoms with Crippen molar-refractivity contribution in [2.45, 2.75) is 4.90 Å². The molecule has 5 nitrogen and oxygen atoms in total. The van der Waals surface area contributed by atoms with Crippen LogP contribution < -0.4 is 10.5 Å². The Morgan fingerprint density at radius 1 is 0.815 bits per heavy atom. The van der Waals surface area contributed by atoms with E-state index in [0.717, 1.165) is 27.5 Å². The molecule has 0 radical (unpaired) electrons. The van der Waals surface area contributed by atoms with E-state index < -0.39 is 10.0 Å². The van der Waals surface area contributed by atoms with Gasteiger partial charge in [0, 0.05) is 26.5 Å². The van der Waals surface area contributed by atoms with Gasteiger partial charge in [-0.1, -0.05) is 23.2 Å². The van der Waals surface area contributed by atoms with Crippen LogP contribution in [0.5, 0.6) is 0 Å². The van der Waals surface area contributed by atoms with E-state index in [1.165, 1.54) is 12.1 Å². The Bertz CT molecular complexity index is 1230. The molecule has 27 heavy (non-hydrogen) atoms. The summed E-state index contributed by atoms with van der Waals surface area (Å²) in [6, 6.07) is 17.2. The van der Waals surface area contributed by atoms with Crippen molar-refractivity contribution in [3.05, 3.63) is 70.7 Å². The van der Waals surface area contributed by atoms with Crippen LogP contribution in [-0.4, -0.2) is 13.4 Å². The van der Waals surface area contributed by atoms with Crippen molar-refractivity contribution in [3.8, 4) is 0 Å². The molecule has 0 unspecified atom stereocenters. The number of nitrogens with two attached hydrogens (primary N) is 1. The number of nitrogens with one attached hydrogen (secondary N) is 1. The van der Waals surface area contributed by atoms with Crippen LogP contribution in [0.15, 0.2) is 65.6 Å². The van der Waals surface area contributed by atoms with Crippen LogP contribution in [0.25, 0.3) is 21.8 Å². The summed E-state index contributed by atoms with van der Waals surface area (Å²) in [5.41, 5.74) is 2.98. The first kappa shape index (κ1) is 18.0. The lowest BCUT2D eigenvalue weighted by molar-refractivity contribution is 0.598.